The van der Waals surface area contributed by atoms with Crippen LogP contribution < -0.4 is 14.8 Å². The van der Waals surface area contributed by atoms with Gasteiger partial charge in [-0.05, 0) is 45.9 Å². The predicted octanol–water partition coefficient (Wildman–Crippen LogP) is 3.41. The van der Waals surface area contributed by atoms with Crippen LogP contribution in [0.3, 0.4) is 0 Å². The van der Waals surface area contributed by atoms with Crippen molar-refractivity contribution < 1.29 is 23.2 Å². The Morgan fingerprint density at radius 1 is 1.11 bits per heavy atom. The van der Waals surface area contributed by atoms with Crippen molar-refractivity contribution in [2.45, 2.75) is 40.8 Å². The zero-order valence-corrected chi connectivity index (χ0v) is 16.6. The zero-order chi connectivity index (χ0) is 20.3. The van der Waals surface area contributed by atoms with Crippen LogP contribution in [0, 0.1) is 27.7 Å². The number of nitrogens with one attached hydrogen (secondary N) is 1. The minimum absolute atomic E-state index is 0.208. The molecule has 0 aliphatic rings. The zero-order valence-electron chi connectivity index (χ0n) is 16.6. The Kier molecular flexibility index (Phi) is 5.67. The minimum atomic E-state index is -0.260. The first-order valence-electron chi connectivity index (χ1n) is 8.82. The molecule has 0 unspecified atom stereocenters. The van der Waals surface area contributed by atoms with Crippen LogP contribution >= 0.6 is 0 Å². The highest BCUT2D eigenvalue weighted by Crippen LogP contribution is 2.29. The van der Waals surface area contributed by atoms with Gasteiger partial charge in [0, 0.05) is 5.56 Å². The predicted molar refractivity (Wildman–Crippen MR) is 100 cm³/mol. The Morgan fingerprint density at radius 2 is 1.89 bits per heavy atom. The fourth-order valence-electron chi connectivity index (χ4n) is 2.66. The number of nitrogens with zero attached hydrogens (tertiary/aromatic N) is 2. The first-order valence-corrected chi connectivity index (χ1v) is 8.82. The molecule has 1 amide bonds. The van der Waals surface area contributed by atoms with E-state index in [9.17, 15) is 4.79 Å². The van der Waals surface area contributed by atoms with Crippen molar-refractivity contribution in [3.63, 3.8) is 0 Å². The smallest absolute Gasteiger partial charge is 0.251 e. The number of hydrogen-bond donors (Lipinski definition) is 1. The second-order valence-electron chi connectivity index (χ2n) is 6.39. The average Bonchev–Trinajstić information content (AvgIpc) is 3.18. The van der Waals surface area contributed by atoms with E-state index in [1.807, 2.05) is 27.7 Å². The highest BCUT2D eigenvalue weighted by Gasteiger charge is 2.15. The third-order valence-electron chi connectivity index (χ3n) is 4.45. The molecule has 0 aliphatic heterocycles. The van der Waals surface area contributed by atoms with Gasteiger partial charge in [-0.3, -0.25) is 4.79 Å². The third kappa shape index (κ3) is 4.16. The lowest BCUT2D eigenvalue weighted by Crippen LogP contribution is -2.23. The quantitative estimate of drug-likeness (QED) is 0.665. The summed E-state index contributed by atoms with van der Waals surface area (Å²) in [6.07, 6.45) is 0. The number of oxazole rings is 1. The van der Waals surface area contributed by atoms with Gasteiger partial charge >= 0.3 is 0 Å². The highest BCUT2D eigenvalue weighted by atomic mass is 16.5. The second kappa shape index (κ2) is 8.16. The van der Waals surface area contributed by atoms with E-state index in [0.29, 0.717) is 35.3 Å². The summed E-state index contributed by atoms with van der Waals surface area (Å²) in [6, 6.07) is 5.00. The van der Waals surface area contributed by atoms with Crippen molar-refractivity contribution in [3.8, 4) is 11.5 Å². The van der Waals surface area contributed by atoms with Gasteiger partial charge in [0.1, 0.15) is 18.1 Å². The summed E-state index contributed by atoms with van der Waals surface area (Å²) < 4.78 is 21.8. The molecule has 0 fully saturated rings. The Bertz CT molecular complexity index is 951. The van der Waals surface area contributed by atoms with E-state index in [0.717, 1.165) is 22.7 Å². The normalized spacial score (nSPS) is 10.8. The van der Waals surface area contributed by atoms with Crippen molar-refractivity contribution in [1.29, 1.82) is 0 Å². The van der Waals surface area contributed by atoms with Gasteiger partial charge in [-0.25, -0.2) is 4.98 Å². The number of amides is 1. The molecule has 1 aromatic carbocycles. The third-order valence-corrected chi connectivity index (χ3v) is 4.45. The molecule has 28 heavy (non-hydrogen) atoms. The molecule has 8 heteroatoms. The lowest BCUT2D eigenvalue weighted by atomic mass is 10.2. The van der Waals surface area contributed by atoms with Crippen molar-refractivity contribution in [2.24, 2.45) is 0 Å². The van der Waals surface area contributed by atoms with E-state index >= 15 is 0 Å². The Hall–Kier alpha value is -3.29. The molecule has 0 bridgehead atoms. The topological polar surface area (TPSA) is 99.6 Å². The van der Waals surface area contributed by atoms with Gasteiger partial charge < -0.3 is 23.7 Å². The fourth-order valence-corrected chi connectivity index (χ4v) is 2.66. The highest BCUT2D eigenvalue weighted by molar-refractivity contribution is 5.94. The van der Waals surface area contributed by atoms with Gasteiger partial charge in [0.05, 0.1) is 30.6 Å². The van der Waals surface area contributed by atoms with E-state index in [4.69, 9.17) is 18.4 Å². The van der Waals surface area contributed by atoms with Crippen LogP contribution in [0.5, 0.6) is 11.5 Å². The summed E-state index contributed by atoms with van der Waals surface area (Å²) in [4.78, 5) is 16.7. The first kappa shape index (κ1) is 19.5. The molecule has 2 aromatic heterocycles. The van der Waals surface area contributed by atoms with E-state index in [1.54, 1.807) is 18.2 Å². The molecule has 0 atom stereocenters. The molecular formula is C20H23N3O5. The van der Waals surface area contributed by atoms with Crippen LogP contribution in [-0.4, -0.2) is 23.2 Å². The maximum atomic E-state index is 12.4. The molecule has 8 nitrogen and oxygen atoms in total. The number of carbonyl (C=O) groups is 1. The summed E-state index contributed by atoms with van der Waals surface area (Å²) in [5.41, 5.74) is 2.93. The van der Waals surface area contributed by atoms with Crippen molar-refractivity contribution in [1.82, 2.24) is 15.5 Å². The van der Waals surface area contributed by atoms with Gasteiger partial charge in [0.15, 0.2) is 11.5 Å². The second-order valence-corrected chi connectivity index (χ2v) is 6.39. The number of aryl methyl sites for hydroxylation is 4. The number of aromatic nitrogens is 2. The average molecular weight is 385 g/mol. The van der Waals surface area contributed by atoms with Crippen LogP contribution in [0.4, 0.5) is 0 Å². The number of rotatable bonds is 7. The molecular weight excluding hydrogens is 362 g/mol. The minimum Gasteiger partial charge on any atom is -0.493 e. The van der Waals surface area contributed by atoms with Crippen molar-refractivity contribution in [3.05, 3.63) is 58.1 Å². The Labute approximate surface area is 162 Å². The van der Waals surface area contributed by atoms with Crippen LogP contribution in [0.15, 0.2) is 27.1 Å². The summed E-state index contributed by atoms with van der Waals surface area (Å²) in [5.74, 6) is 2.65. The summed E-state index contributed by atoms with van der Waals surface area (Å²) in [5, 5.41) is 6.69. The number of methoxy groups -OCH3 is 1. The monoisotopic (exact) mass is 385 g/mol. The van der Waals surface area contributed by atoms with Gasteiger partial charge in [-0.2, -0.15) is 0 Å². The molecule has 2 heterocycles. The van der Waals surface area contributed by atoms with E-state index < -0.39 is 0 Å². The van der Waals surface area contributed by atoms with Crippen molar-refractivity contribution >= 4 is 5.91 Å². The molecule has 1 N–H and O–H groups in total. The van der Waals surface area contributed by atoms with Gasteiger partial charge in [-0.1, -0.05) is 5.16 Å². The Balaban J connectivity index is 1.67. The van der Waals surface area contributed by atoms with Crippen LogP contribution in [0.1, 0.15) is 44.7 Å². The van der Waals surface area contributed by atoms with Crippen molar-refractivity contribution in [2.75, 3.05) is 7.11 Å². The van der Waals surface area contributed by atoms with Gasteiger partial charge in [0.25, 0.3) is 5.91 Å². The van der Waals surface area contributed by atoms with E-state index in [2.05, 4.69) is 15.5 Å². The number of hydrogen-bond acceptors (Lipinski definition) is 7. The summed E-state index contributed by atoms with van der Waals surface area (Å²) in [6.45, 7) is 7.89. The van der Waals surface area contributed by atoms with Gasteiger partial charge in [0.2, 0.25) is 5.89 Å². The number of ether oxygens (including phenoxy) is 2. The molecule has 0 aliphatic carbocycles. The lowest BCUT2D eigenvalue weighted by molar-refractivity contribution is 0.0946. The fraction of sp³-hybridized carbons (Fsp3) is 0.350. The first-order chi connectivity index (χ1) is 13.4. The SMILES string of the molecule is COc1cc(C(=O)NCc2nc(C)c(C)o2)ccc1OCc1c(C)noc1C. The maximum absolute atomic E-state index is 12.4. The van der Waals surface area contributed by atoms with Gasteiger partial charge in [-0.15, -0.1) is 0 Å². The summed E-state index contributed by atoms with van der Waals surface area (Å²) in [7, 11) is 1.53. The summed E-state index contributed by atoms with van der Waals surface area (Å²) >= 11 is 0. The van der Waals surface area contributed by atoms with E-state index in [-0.39, 0.29) is 12.5 Å². The standard InChI is InChI=1S/C20H23N3O5/c1-11-13(3)27-19(22-11)9-21-20(24)15-6-7-17(18(8-15)25-5)26-10-16-12(2)23-28-14(16)4/h6-8H,9-10H2,1-5H3,(H,21,24). The molecule has 0 saturated carbocycles. The lowest BCUT2D eigenvalue weighted by Gasteiger charge is -2.12. The molecule has 0 spiro atoms. The van der Waals surface area contributed by atoms with Crippen LogP contribution in [0.2, 0.25) is 0 Å². The molecule has 3 aromatic rings. The van der Waals surface area contributed by atoms with Crippen LogP contribution in [-0.2, 0) is 13.2 Å². The number of carbonyl (C=O) groups excluding carboxylic acids is 1. The number of benzene rings is 1. The molecule has 0 saturated heterocycles. The van der Waals surface area contributed by atoms with E-state index in [1.165, 1.54) is 7.11 Å². The molecule has 148 valence electrons. The molecule has 3 rings (SSSR count). The van der Waals surface area contributed by atoms with Crippen LogP contribution in [0.25, 0.3) is 0 Å². The molecule has 0 radical (unpaired) electrons. The Morgan fingerprint density at radius 3 is 2.50 bits per heavy atom. The largest absolute Gasteiger partial charge is 0.493 e. The maximum Gasteiger partial charge on any atom is 0.251 e.